The number of amides is 3. The van der Waals surface area contributed by atoms with Gasteiger partial charge in [-0.1, -0.05) is 48.5 Å². The minimum Gasteiger partial charge on any atom is -0.444 e. The number of nitrogens with one attached hydrogen (secondary N) is 2. The van der Waals surface area contributed by atoms with E-state index in [1.165, 1.54) is 0 Å². The Morgan fingerprint density at radius 2 is 1.67 bits per heavy atom. The van der Waals surface area contributed by atoms with E-state index in [0.717, 1.165) is 29.7 Å². The van der Waals surface area contributed by atoms with Gasteiger partial charge in [-0.2, -0.15) is 0 Å². The largest absolute Gasteiger partial charge is 0.444 e. The van der Waals surface area contributed by atoms with Crippen molar-refractivity contribution in [2.24, 2.45) is 0 Å². The molecule has 0 aliphatic carbocycles. The number of para-hydroxylation sites is 1. The Morgan fingerprint density at radius 3 is 2.36 bits per heavy atom. The lowest BCUT2D eigenvalue weighted by molar-refractivity contribution is -0.128. The number of carbonyl (C=O) groups excluding carboxylic acids is 3. The SMILES string of the molecule is CC(NC(=O)[C@H](Cc1ccccc1)NC(=O)OC(C)(C)C)C(=O)N1CCCc2ccccc21. The molecule has 0 bridgehead atoms. The van der Waals surface area contributed by atoms with Gasteiger partial charge in [-0.25, -0.2) is 4.79 Å². The summed E-state index contributed by atoms with van der Waals surface area (Å²) in [6.45, 7) is 7.56. The molecule has 176 valence electrons. The van der Waals surface area contributed by atoms with Crippen LogP contribution < -0.4 is 15.5 Å². The number of anilines is 1. The van der Waals surface area contributed by atoms with Gasteiger partial charge in [0, 0.05) is 18.7 Å². The highest BCUT2D eigenvalue weighted by Crippen LogP contribution is 2.27. The minimum absolute atomic E-state index is 0.175. The van der Waals surface area contributed by atoms with Crippen LogP contribution in [0, 0.1) is 0 Å². The first-order chi connectivity index (χ1) is 15.6. The molecule has 3 amide bonds. The molecule has 0 radical (unpaired) electrons. The molecule has 2 aromatic carbocycles. The Bertz CT molecular complexity index is 985. The van der Waals surface area contributed by atoms with E-state index in [4.69, 9.17) is 4.74 Å². The van der Waals surface area contributed by atoms with Gasteiger partial charge in [-0.05, 0) is 57.7 Å². The van der Waals surface area contributed by atoms with E-state index in [-0.39, 0.29) is 12.3 Å². The molecule has 1 unspecified atom stereocenters. The normalized spacial score (nSPS) is 15.1. The highest BCUT2D eigenvalue weighted by molar-refractivity contribution is 6.00. The Balaban J connectivity index is 1.71. The topological polar surface area (TPSA) is 87.7 Å². The quantitative estimate of drug-likeness (QED) is 0.702. The molecule has 0 fully saturated rings. The van der Waals surface area contributed by atoms with Crippen molar-refractivity contribution in [3.8, 4) is 0 Å². The molecule has 0 saturated heterocycles. The predicted octanol–water partition coefficient (Wildman–Crippen LogP) is 3.61. The fourth-order valence-electron chi connectivity index (χ4n) is 3.88. The summed E-state index contributed by atoms with van der Waals surface area (Å²) in [5.74, 6) is -0.609. The van der Waals surface area contributed by atoms with E-state index in [9.17, 15) is 14.4 Å². The second kappa shape index (κ2) is 10.5. The van der Waals surface area contributed by atoms with Gasteiger partial charge in [0.15, 0.2) is 0 Å². The van der Waals surface area contributed by atoms with Gasteiger partial charge in [0.2, 0.25) is 11.8 Å². The third-order valence-corrected chi connectivity index (χ3v) is 5.40. The molecule has 0 aromatic heterocycles. The number of hydrogen-bond acceptors (Lipinski definition) is 4. The third-order valence-electron chi connectivity index (χ3n) is 5.40. The maximum Gasteiger partial charge on any atom is 0.408 e. The fraction of sp³-hybridized carbons (Fsp3) is 0.423. The van der Waals surface area contributed by atoms with Crippen LogP contribution in [0.3, 0.4) is 0 Å². The molecule has 2 atom stereocenters. The first kappa shape index (κ1) is 24.3. The van der Waals surface area contributed by atoms with Crippen molar-refractivity contribution in [3.05, 3.63) is 65.7 Å². The second-order valence-electron chi connectivity index (χ2n) is 9.34. The van der Waals surface area contributed by atoms with Crippen LogP contribution in [0.15, 0.2) is 54.6 Å². The van der Waals surface area contributed by atoms with Crippen LogP contribution in [-0.4, -0.2) is 42.1 Å². The molecule has 33 heavy (non-hydrogen) atoms. The van der Waals surface area contributed by atoms with Gasteiger partial charge in [0.05, 0.1) is 0 Å². The van der Waals surface area contributed by atoms with Crippen LogP contribution in [0.1, 0.15) is 45.2 Å². The first-order valence-electron chi connectivity index (χ1n) is 11.4. The van der Waals surface area contributed by atoms with Gasteiger partial charge in [0.1, 0.15) is 17.7 Å². The zero-order valence-corrected chi connectivity index (χ0v) is 19.8. The second-order valence-corrected chi connectivity index (χ2v) is 9.34. The van der Waals surface area contributed by atoms with Gasteiger partial charge < -0.3 is 20.3 Å². The van der Waals surface area contributed by atoms with E-state index < -0.39 is 29.7 Å². The van der Waals surface area contributed by atoms with Crippen molar-refractivity contribution in [2.75, 3.05) is 11.4 Å². The Morgan fingerprint density at radius 1 is 1.00 bits per heavy atom. The van der Waals surface area contributed by atoms with Crippen LogP contribution >= 0.6 is 0 Å². The van der Waals surface area contributed by atoms with Crippen LogP contribution in [0.2, 0.25) is 0 Å². The monoisotopic (exact) mass is 451 g/mol. The molecule has 1 heterocycles. The highest BCUT2D eigenvalue weighted by atomic mass is 16.6. The maximum absolute atomic E-state index is 13.2. The summed E-state index contributed by atoms with van der Waals surface area (Å²) >= 11 is 0. The van der Waals surface area contributed by atoms with Gasteiger partial charge in [-0.3, -0.25) is 9.59 Å². The lowest BCUT2D eigenvalue weighted by Gasteiger charge is -2.32. The van der Waals surface area contributed by atoms with E-state index in [0.29, 0.717) is 6.54 Å². The van der Waals surface area contributed by atoms with Crippen LogP contribution in [0.5, 0.6) is 0 Å². The highest BCUT2D eigenvalue weighted by Gasteiger charge is 2.30. The average molecular weight is 452 g/mol. The molecule has 0 saturated carbocycles. The molecule has 7 nitrogen and oxygen atoms in total. The summed E-state index contributed by atoms with van der Waals surface area (Å²) in [5, 5.41) is 5.46. The molecule has 2 N–H and O–H groups in total. The number of fused-ring (bicyclic) bond motifs is 1. The molecule has 1 aliphatic heterocycles. The van der Waals surface area contributed by atoms with Crippen molar-refractivity contribution in [1.82, 2.24) is 10.6 Å². The fourth-order valence-corrected chi connectivity index (χ4v) is 3.88. The molecular weight excluding hydrogens is 418 g/mol. The van der Waals surface area contributed by atoms with Gasteiger partial charge in [-0.15, -0.1) is 0 Å². The molecule has 3 rings (SSSR count). The zero-order valence-electron chi connectivity index (χ0n) is 19.8. The third kappa shape index (κ3) is 6.81. The summed E-state index contributed by atoms with van der Waals surface area (Å²) in [7, 11) is 0. The zero-order chi connectivity index (χ0) is 24.0. The summed E-state index contributed by atoms with van der Waals surface area (Å²) in [6, 6.07) is 15.6. The van der Waals surface area contributed by atoms with E-state index in [1.807, 2.05) is 54.6 Å². The maximum atomic E-state index is 13.2. The van der Waals surface area contributed by atoms with Crippen LogP contribution in [0.4, 0.5) is 10.5 Å². The van der Waals surface area contributed by atoms with E-state index in [2.05, 4.69) is 10.6 Å². The molecule has 7 heteroatoms. The minimum atomic E-state index is -0.883. The molecule has 1 aliphatic rings. The summed E-state index contributed by atoms with van der Waals surface area (Å²) in [6.07, 6.45) is 1.40. The Hall–Kier alpha value is -3.35. The molecule has 2 aromatic rings. The van der Waals surface area contributed by atoms with Crippen molar-refractivity contribution in [1.29, 1.82) is 0 Å². The predicted molar refractivity (Wildman–Crippen MR) is 128 cm³/mol. The van der Waals surface area contributed by atoms with E-state index >= 15 is 0 Å². The lowest BCUT2D eigenvalue weighted by Crippen LogP contribution is -2.55. The van der Waals surface area contributed by atoms with Crippen molar-refractivity contribution in [2.45, 2.75) is 64.6 Å². The standard InChI is InChI=1S/C26H33N3O4/c1-18(24(31)29-16-10-14-20-13-8-9-15-22(20)29)27-23(30)21(17-19-11-6-5-7-12-19)28-25(32)33-26(2,3)4/h5-9,11-13,15,18,21H,10,14,16-17H2,1-4H3,(H,27,30)(H,28,32)/t18?,21-/m0/s1. The summed E-state index contributed by atoms with van der Waals surface area (Å²) in [5.41, 5.74) is 2.22. The number of aryl methyl sites for hydroxylation is 1. The first-order valence-corrected chi connectivity index (χ1v) is 11.4. The Labute approximate surface area is 195 Å². The smallest absolute Gasteiger partial charge is 0.408 e. The summed E-state index contributed by atoms with van der Waals surface area (Å²) in [4.78, 5) is 40.4. The van der Waals surface area contributed by atoms with E-state index in [1.54, 1.807) is 32.6 Å². The van der Waals surface area contributed by atoms with Crippen molar-refractivity contribution in [3.63, 3.8) is 0 Å². The van der Waals surface area contributed by atoms with Gasteiger partial charge >= 0.3 is 6.09 Å². The van der Waals surface area contributed by atoms with Crippen molar-refractivity contribution < 1.29 is 19.1 Å². The molecular formula is C26H33N3O4. The number of alkyl carbamates (subject to hydrolysis) is 1. The average Bonchev–Trinajstić information content (AvgIpc) is 2.77. The van der Waals surface area contributed by atoms with Crippen molar-refractivity contribution >= 4 is 23.6 Å². The summed E-state index contributed by atoms with van der Waals surface area (Å²) < 4.78 is 5.34. The number of ether oxygens (including phenoxy) is 1. The Kier molecular flexibility index (Phi) is 7.74. The number of nitrogens with zero attached hydrogens (tertiary/aromatic N) is 1. The number of carbonyl (C=O) groups is 3. The van der Waals surface area contributed by atoms with Gasteiger partial charge in [0.25, 0.3) is 0 Å². The van der Waals surface area contributed by atoms with Crippen LogP contribution in [0.25, 0.3) is 0 Å². The van der Waals surface area contributed by atoms with Crippen LogP contribution in [-0.2, 0) is 27.2 Å². The lowest BCUT2D eigenvalue weighted by atomic mass is 10.0. The molecule has 0 spiro atoms. The number of hydrogen-bond donors (Lipinski definition) is 2. The number of benzene rings is 2. The number of rotatable bonds is 6.